The molecule has 0 aliphatic heterocycles. The Labute approximate surface area is 422 Å². The Hall–Kier alpha value is -6.43. The molecule has 0 radical (unpaired) electrons. The number of Topliss-reactive ketones (excluding diaryl/α,β-unsaturated/α-hetero) is 2. The molecule has 0 heterocycles. The number of amides is 4. The van der Waals surface area contributed by atoms with Crippen LogP contribution in [0.5, 0.6) is 11.5 Å². The van der Waals surface area contributed by atoms with E-state index in [-0.39, 0.29) is 68.0 Å². The van der Waals surface area contributed by atoms with Gasteiger partial charge < -0.3 is 30.7 Å². The van der Waals surface area contributed by atoms with Crippen molar-refractivity contribution in [2.24, 2.45) is 20.5 Å². The number of azo groups is 2. The van der Waals surface area contributed by atoms with Crippen LogP contribution in [-0.4, -0.2) is 66.4 Å². The number of aryl methyl sites for hydroxylation is 1. The van der Waals surface area contributed by atoms with E-state index in [0.29, 0.717) is 52.8 Å². The van der Waals surface area contributed by atoms with Crippen LogP contribution in [0.25, 0.3) is 0 Å². The highest BCUT2D eigenvalue weighted by molar-refractivity contribution is 6.35. The molecule has 0 saturated heterocycles. The molecule has 2 atom stereocenters. The molecule has 0 aliphatic carbocycles. The molecule has 0 aromatic heterocycles. The number of rotatable bonds is 22. The summed E-state index contributed by atoms with van der Waals surface area (Å²) in [5.41, 5.74) is 3.38. The van der Waals surface area contributed by atoms with Crippen molar-refractivity contribution in [2.75, 3.05) is 40.4 Å². The summed E-state index contributed by atoms with van der Waals surface area (Å²) in [6.07, 6.45) is 0.207. The van der Waals surface area contributed by atoms with Crippen molar-refractivity contribution in [3.05, 3.63) is 129 Å². The number of ether oxygens (including phenoxy) is 2. The number of anilines is 4. The lowest BCUT2D eigenvalue weighted by molar-refractivity contribution is -0.127. The van der Waals surface area contributed by atoms with Crippen LogP contribution in [0.1, 0.15) is 65.1 Å². The Morgan fingerprint density at radius 1 is 0.536 bits per heavy atom. The summed E-state index contributed by atoms with van der Waals surface area (Å²) >= 11 is 31.1. The number of carbonyl (C=O) groups excluding carboxylic acids is 6. The van der Waals surface area contributed by atoms with E-state index in [1.807, 2.05) is 13.8 Å². The van der Waals surface area contributed by atoms with E-state index in [4.69, 9.17) is 67.5 Å². The second kappa shape index (κ2) is 25.8. The van der Waals surface area contributed by atoms with E-state index in [1.54, 1.807) is 36.4 Å². The Morgan fingerprint density at radius 2 is 1.00 bits per heavy atom. The van der Waals surface area contributed by atoms with Gasteiger partial charge in [-0.25, -0.2) is 0 Å². The van der Waals surface area contributed by atoms with Gasteiger partial charge in [0.2, 0.25) is 12.1 Å². The zero-order valence-electron chi connectivity index (χ0n) is 37.5. The SMILES string of the molecule is CCOc1ccc(CCl)c(NC(=O)c2cc(N=NC(C(C)=O)C(=O)Nc3ccc(NC(=O)C(N=Nc4ccc(Cl)c(C(=O)Nc5cc(OCC)ccc5CCl)c4)C(C)=O)c(CCCl)c3)ccc2Cl)c1. The van der Waals surface area contributed by atoms with Gasteiger partial charge in [0.1, 0.15) is 11.5 Å². The molecular weight excluding hydrogens is 994 g/mol. The minimum atomic E-state index is -1.61. The predicted molar refractivity (Wildman–Crippen MR) is 269 cm³/mol. The largest absolute Gasteiger partial charge is 0.494 e. The topological polar surface area (TPSA) is 218 Å². The number of ketones is 2. The monoisotopic (exact) mass is 1040 g/mol. The van der Waals surface area contributed by atoms with E-state index in [9.17, 15) is 28.8 Å². The van der Waals surface area contributed by atoms with E-state index >= 15 is 0 Å². The zero-order chi connectivity index (χ0) is 50.2. The van der Waals surface area contributed by atoms with E-state index in [2.05, 4.69) is 41.7 Å². The molecule has 2 unspecified atom stereocenters. The first-order valence-corrected chi connectivity index (χ1v) is 23.4. The third-order valence-electron chi connectivity index (χ3n) is 9.80. The summed E-state index contributed by atoms with van der Waals surface area (Å²) in [4.78, 5) is 79.1. The molecule has 0 saturated carbocycles. The zero-order valence-corrected chi connectivity index (χ0v) is 41.3. The molecule has 5 rings (SSSR count). The van der Waals surface area contributed by atoms with Gasteiger partial charge in [0.05, 0.1) is 45.8 Å². The average molecular weight is 1040 g/mol. The van der Waals surface area contributed by atoms with Crippen molar-refractivity contribution in [2.45, 2.75) is 58.0 Å². The van der Waals surface area contributed by atoms with Crippen LogP contribution in [0.2, 0.25) is 10.0 Å². The van der Waals surface area contributed by atoms with Crippen LogP contribution in [0.15, 0.2) is 111 Å². The van der Waals surface area contributed by atoms with Gasteiger partial charge in [-0.2, -0.15) is 20.5 Å². The first-order valence-electron chi connectivity index (χ1n) is 21.1. The van der Waals surface area contributed by atoms with Crippen LogP contribution in [0.3, 0.4) is 0 Å². The summed E-state index contributed by atoms with van der Waals surface area (Å²) < 4.78 is 11.1. The Bertz CT molecular complexity index is 2810. The van der Waals surface area contributed by atoms with Crippen molar-refractivity contribution in [3.8, 4) is 11.5 Å². The van der Waals surface area contributed by atoms with Gasteiger partial charge in [0.15, 0.2) is 11.6 Å². The maximum absolute atomic E-state index is 13.5. The maximum atomic E-state index is 13.5. The predicted octanol–water partition coefficient (Wildman–Crippen LogP) is 11.9. The van der Waals surface area contributed by atoms with Gasteiger partial charge in [-0.3, -0.25) is 28.8 Å². The first kappa shape index (κ1) is 53.5. The molecule has 4 amide bonds. The summed E-state index contributed by atoms with van der Waals surface area (Å²) in [7, 11) is 0. The fourth-order valence-corrected chi connectivity index (χ4v) is 7.44. The van der Waals surface area contributed by atoms with Gasteiger partial charge in [-0.15, -0.1) is 34.8 Å². The number of hydrogen-bond donors (Lipinski definition) is 4. The molecule has 360 valence electrons. The fraction of sp³-hybridized carbons (Fsp3) is 0.250. The fourth-order valence-electron chi connectivity index (χ4n) is 6.37. The molecule has 0 spiro atoms. The van der Waals surface area contributed by atoms with E-state index < -0.39 is 47.3 Å². The smallest absolute Gasteiger partial charge is 0.258 e. The lowest BCUT2D eigenvalue weighted by Gasteiger charge is -2.15. The summed E-state index contributed by atoms with van der Waals surface area (Å²) in [5, 5.41) is 27.3. The molecular formula is C48H45Cl5N8O8. The van der Waals surface area contributed by atoms with Crippen molar-refractivity contribution >= 4 is 127 Å². The molecule has 5 aromatic rings. The van der Waals surface area contributed by atoms with E-state index in [1.165, 1.54) is 68.4 Å². The van der Waals surface area contributed by atoms with Crippen molar-refractivity contribution < 1.29 is 38.2 Å². The number of alkyl halides is 3. The van der Waals surface area contributed by atoms with Crippen LogP contribution in [0.4, 0.5) is 34.1 Å². The average Bonchev–Trinajstić information content (AvgIpc) is 3.31. The molecule has 4 N–H and O–H groups in total. The van der Waals surface area contributed by atoms with Crippen LogP contribution in [-0.2, 0) is 37.4 Å². The molecule has 5 aromatic carbocycles. The maximum Gasteiger partial charge on any atom is 0.258 e. The number of halogens is 5. The van der Waals surface area contributed by atoms with Crippen molar-refractivity contribution in [1.82, 2.24) is 0 Å². The molecule has 16 nitrogen and oxygen atoms in total. The van der Waals surface area contributed by atoms with E-state index in [0.717, 1.165) is 0 Å². The number of nitrogens with one attached hydrogen (secondary N) is 4. The quantitative estimate of drug-likeness (QED) is 0.0296. The van der Waals surface area contributed by atoms with Crippen LogP contribution < -0.4 is 30.7 Å². The van der Waals surface area contributed by atoms with Gasteiger partial charge >= 0.3 is 0 Å². The third-order valence-corrected chi connectivity index (χ3v) is 11.2. The number of carbonyl (C=O) groups is 6. The highest BCUT2D eigenvalue weighted by Crippen LogP contribution is 2.31. The second-order valence-electron chi connectivity index (χ2n) is 14.8. The minimum Gasteiger partial charge on any atom is -0.494 e. The number of hydrogen-bond acceptors (Lipinski definition) is 12. The molecule has 0 aliphatic rings. The summed E-state index contributed by atoms with van der Waals surface area (Å²) in [5.74, 6) is -2.70. The molecule has 0 bridgehead atoms. The number of benzene rings is 5. The van der Waals surface area contributed by atoms with Crippen molar-refractivity contribution in [1.29, 1.82) is 0 Å². The number of nitrogens with zero attached hydrogens (tertiary/aromatic N) is 4. The van der Waals surface area contributed by atoms with Gasteiger partial charge in [0.25, 0.3) is 23.6 Å². The van der Waals surface area contributed by atoms with Crippen LogP contribution >= 0.6 is 58.0 Å². The summed E-state index contributed by atoms with van der Waals surface area (Å²) in [6, 6.07) is 19.9. The first-order chi connectivity index (χ1) is 33.1. The van der Waals surface area contributed by atoms with Gasteiger partial charge in [0, 0.05) is 52.5 Å². The molecule has 69 heavy (non-hydrogen) atoms. The highest BCUT2D eigenvalue weighted by Gasteiger charge is 2.26. The highest BCUT2D eigenvalue weighted by atomic mass is 35.5. The normalized spacial score (nSPS) is 12.0. The summed E-state index contributed by atoms with van der Waals surface area (Å²) in [6.45, 7) is 6.82. The third kappa shape index (κ3) is 14.8. The van der Waals surface area contributed by atoms with Gasteiger partial charge in [-0.05, 0) is 118 Å². The Kier molecular flexibility index (Phi) is 20.0. The van der Waals surface area contributed by atoms with Crippen molar-refractivity contribution in [3.63, 3.8) is 0 Å². The lowest BCUT2D eigenvalue weighted by Crippen LogP contribution is -2.32. The lowest BCUT2D eigenvalue weighted by atomic mass is 10.1. The minimum absolute atomic E-state index is 0.0371. The molecule has 21 heteroatoms. The standard InChI is InChI=1S/C48H45Cl5N8O8/c1-5-68-34-12-7-29(24-50)41(22-34)56-45(64)36-20-32(9-14-38(36)52)58-60-43(26(3)62)47(66)54-31-11-16-40(28(19-31)17-18-49)55-48(67)44(27(4)63)61-59-33-10-15-39(53)37(21-33)46(65)57-42-23-35(69-6-2)13-8-30(42)25-51/h7-16,19-23,43-44H,5-6,17-18,24-25H2,1-4H3,(H,54,66)(H,55,67)(H,56,64)(H,57,65). The second-order valence-corrected chi connectivity index (χ2v) is 16.5. The molecule has 0 fully saturated rings. The Morgan fingerprint density at radius 3 is 1.42 bits per heavy atom. The van der Waals surface area contributed by atoms with Gasteiger partial charge in [-0.1, -0.05) is 35.3 Å². The Balaban J connectivity index is 1.28. The van der Waals surface area contributed by atoms with Crippen LogP contribution in [0, 0.1) is 0 Å².